The highest BCUT2D eigenvalue weighted by Crippen LogP contribution is 2.09. The van der Waals surface area contributed by atoms with E-state index in [-0.39, 0.29) is 5.91 Å². The molecule has 0 bridgehead atoms. The number of hydrogen-bond acceptors (Lipinski definition) is 4. The van der Waals surface area contributed by atoms with E-state index < -0.39 is 0 Å². The molecule has 0 unspecified atom stereocenters. The molecule has 1 aromatic carbocycles. The zero-order valence-electron chi connectivity index (χ0n) is 13.3. The number of rotatable bonds is 10. The Bertz CT molecular complexity index is 406. The molecule has 0 radical (unpaired) electrons. The molecule has 0 aliphatic carbocycles. The summed E-state index contributed by atoms with van der Waals surface area (Å²) in [7, 11) is 3.70. The van der Waals surface area contributed by atoms with Crippen LogP contribution in [0.1, 0.15) is 23.7 Å². The number of hydrogen-bond donors (Lipinski definition) is 2. The molecule has 5 heteroatoms. The first-order valence-electron chi connectivity index (χ1n) is 7.47. The van der Waals surface area contributed by atoms with Gasteiger partial charge in [0.15, 0.2) is 0 Å². The van der Waals surface area contributed by atoms with Crippen LogP contribution in [0.5, 0.6) is 0 Å². The van der Waals surface area contributed by atoms with Crippen LogP contribution in [0.15, 0.2) is 24.3 Å². The van der Waals surface area contributed by atoms with E-state index in [4.69, 9.17) is 4.74 Å². The number of benzene rings is 1. The maximum atomic E-state index is 12.0. The Balaban J connectivity index is 2.31. The Kier molecular flexibility index (Phi) is 8.47. The lowest BCUT2D eigenvalue weighted by Crippen LogP contribution is -2.34. The van der Waals surface area contributed by atoms with Crippen molar-refractivity contribution in [3.05, 3.63) is 29.8 Å². The smallest absolute Gasteiger partial charge is 0.251 e. The molecule has 0 aromatic heterocycles. The number of amides is 1. The van der Waals surface area contributed by atoms with Gasteiger partial charge in [-0.05, 0) is 37.7 Å². The lowest BCUT2D eigenvalue weighted by Gasteiger charge is -2.16. The van der Waals surface area contributed by atoms with Crippen LogP contribution >= 0.6 is 0 Å². The highest BCUT2D eigenvalue weighted by atomic mass is 16.5. The van der Waals surface area contributed by atoms with Gasteiger partial charge < -0.3 is 20.3 Å². The van der Waals surface area contributed by atoms with Gasteiger partial charge in [0.05, 0.1) is 6.61 Å². The molecule has 0 saturated carbocycles. The van der Waals surface area contributed by atoms with Crippen molar-refractivity contribution in [1.82, 2.24) is 10.2 Å². The predicted octanol–water partition coefficient (Wildman–Crippen LogP) is 1.82. The van der Waals surface area contributed by atoms with E-state index in [0.717, 1.165) is 31.7 Å². The highest BCUT2D eigenvalue weighted by Gasteiger charge is 2.05. The first-order chi connectivity index (χ1) is 10.2. The third kappa shape index (κ3) is 7.11. The molecule has 2 N–H and O–H groups in total. The Hall–Kier alpha value is -1.59. The second-order valence-electron chi connectivity index (χ2n) is 5.06. The largest absolute Gasteiger partial charge is 0.385 e. The Morgan fingerprint density at radius 2 is 1.90 bits per heavy atom. The van der Waals surface area contributed by atoms with E-state index in [0.29, 0.717) is 18.7 Å². The fourth-order valence-corrected chi connectivity index (χ4v) is 1.83. The molecular weight excluding hydrogens is 266 g/mol. The molecule has 0 spiro atoms. The first-order valence-corrected chi connectivity index (χ1v) is 7.47. The topological polar surface area (TPSA) is 53.6 Å². The van der Waals surface area contributed by atoms with Gasteiger partial charge in [0.1, 0.15) is 0 Å². The van der Waals surface area contributed by atoms with Gasteiger partial charge in [-0.1, -0.05) is 6.92 Å². The average Bonchev–Trinajstić information content (AvgIpc) is 2.51. The zero-order valence-corrected chi connectivity index (χ0v) is 13.3. The monoisotopic (exact) mass is 293 g/mol. The molecule has 21 heavy (non-hydrogen) atoms. The summed E-state index contributed by atoms with van der Waals surface area (Å²) in [6.45, 7) is 6.08. The van der Waals surface area contributed by atoms with E-state index in [9.17, 15) is 4.79 Å². The summed E-state index contributed by atoms with van der Waals surface area (Å²) < 4.78 is 5.01. The molecule has 118 valence electrons. The number of likely N-dealkylation sites (N-methyl/N-ethyl adjacent to an activating group) is 1. The van der Waals surface area contributed by atoms with Crippen LogP contribution in [0.3, 0.4) is 0 Å². The lowest BCUT2D eigenvalue weighted by atomic mass is 10.2. The second-order valence-corrected chi connectivity index (χ2v) is 5.06. The lowest BCUT2D eigenvalue weighted by molar-refractivity contribution is 0.0947. The van der Waals surface area contributed by atoms with E-state index >= 15 is 0 Å². The average molecular weight is 293 g/mol. The molecule has 1 amide bonds. The van der Waals surface area contributed by atoms with Crippen molar-refractivity contribution in [3.8, 4) is 0 Å². The van der Waals surface area contributed by atoms with E-state index in [1.54, 1.807) is 7.11 Å². The predicted molar refractivity (Wildman–Crippen MR) is 86.9 cm³/mol. The van der Waals surface area contributed by atoms with Gasteiger partial charge in [0.25, 0.3) is 5.91 Å². The molecule has 0 heterocycles. The maximum Gasteiger partial charge on any atom is 0.251 e. The highest BCUT2D eigenvalue weighted by molar-refractivity contribution is 5.94. The number of anilines is 1. The van der Waals surface area contributed by atoms with Gasteiger partial charge in [-0.15, -0.1) is 0 Å². The van der Waals surface area contributed by atoms with Crippen molar-refractivity contribution in [2.24, 2.45) is 0 Å². The second kappa shape index (κ2) is 10.2. The molecule has 1 aromatic rings. The van der Waals surface area contributed by atoms with Crippen molar-refractivity contribution in [1.29, 1.82) is 0 Å². The van der Waals surface area contributed by atoms with E-state index in [1.807, 2.05) is 31.3 Å². The van der Waals surface area contributed by atoms with Crippen LogP contribution in [0, 0.1) is 0 Å². The van der Waals surface area contributed by atoms with Crippen molar-refractivity contribution in [2.45, 2.75) is 13.3 Å². The van der Waals surface area contributed by atoms with E-state index in [2.05, 4.69) is 22.5 Å². The SMILES string of the molecule is CCCNc1ccc(C(=O)NCCN(C)CCOC)cc1. The van der Waals surface area contributed by atoms with Gasteiger partial charge in [-0.3, -0.25) is 4.79 Å². The molecule has 5 nitrogen and oxygen atoms in total. The van der Waals surface area contributed by atoms with Crippen LogP contribution in [-0.2, 0) is 4.74 Å². The molecule has 1 rings (SSSR count). The van der Waals surface area contributed by atoms with Gasteiger partial charge in [-0.25, -0.2) is 0 Å². The number of methoxy groups -OCH3 is 1. The van der Waals surface area contributed by atoms with Crippen LogP contribution in [-0.4, -0.2) is 57.8 Å². The summed E-state index contributed by atoms with van der Waals surface area (Å²) in [6, 6.07) is 7.58. The van der Waals surface area contributed by atoms with Crippen LogP contribution in [0.4, 0.5) is 5.69 Å². The number of carbonyl (C=O) groups excluding carboxylic acids is 1. The first kappa shape index (κ1) is 17.5. The fraction of sp³-hybridized carbons (Fsp3) is 0.562. The Morgan fingerprint density at radius 1 is 1.19 bits per heavy atom. The standard InChI is InChI=1S/C16H27N3O2/c1-4-9-17-15-7-5-14(6-8-15)16(20)18-10-11-19(2)12-13-21-3/h5-8,17H,4,9-13H2,1-3H3,(H,18,20). The third-order valence-corrected chi connectivity index (χ3v) is 3.18. The van der Waals surface area contributed by atoms with Gasteiger partial charge in [0.2, 0.25) is 0 Å². The molecule has 0 fully saturated rings. The fourth-order valence-electron chi connectivity index (χ4n) is 1.83. The summed E-state index contributed by atoms with van der Waals surface area (Å²) in [6.07, 6.45) is 1.08. The maximum absolute atomic E-state index is 12.0. The Labute approximate surface area is 127 Å². The van der Waals surface area contributed by atoms with Crippen LogP contribution in [0.2, 0.25) is 0 Å². The summed E-state index contributed by atoms with van der Waals surface area (Å²) >= 11 is 0. The van der Waals surface area contributed by atoms with Crippen LogP contribution < -0.4 is 10.6 Å². The number of ether oxygens (including phenoxy) is 1. The summed E-state index contributed by atoms with van der Waals surface area (Å²) in [4.78, 5) is 14.1. The van der Waals surface area contributed by atoms with Crippen molar-refractivity contribution in [3.63, 3.8) is 0 Å². The quantitative estimate of drug-likeness (QED) is 0.691. The van der Waals surface area contributed by atoms with Crippen LogP contribution in [0.25, 0.3) is 0 Å². The third-order valence-electron chi connectivity index (χ3n) is 3.18. The summed E-state index contributed by atoms with van der Waals surface area (Å²) in [5, 5.41) is 6.21. The molecule has 0 saturated heterocycles. The van der Waals surface area contributed by atoms with Gasteiger partial charge in [0, 0.05) is 44.5 Å². The minimum Gasteiger partial charge on any atom is -0.385 e. The molecule has 0 atom stereocenters. The van der Waals surface area contributed by atoms with E-state index in [1.165, 1.54) is 0 Å². The molecular formula is C16H27N3O2. The Morgan fingerprint density at radius 3 is 2.52 bits per heavy atom. The number of nitrogens with one attached hydrogen (secondary N) is 2. The number of nitrogens with zero attached hydrogens (tertiary/aromatic N) is 1. The minimum absolute atomic E-state index is 0.0304. The molecule has 0 aliphatic heterocycles. The van der Waals surface area contributed by atoms with Crippen molar-refractivity contribution in [2.75, 3.05) is 52.3 Å². The summed E-state index contributed by atoms with van der Waals surface area (Å²) in [5.74, 6) is -0.0304. The van der Waals surface area contributed by atoms with Gasteiger partial charge >= 0.3 is 0 Å². The van der Waals surface area contributed by atoms with Crippen molar-refractivity contribution < 1.29 is 9.53 Å². The molecule has 0 aliphatic rings. The number of carbonyl (C=O) groups is 1. The minimum atomic E-state index is -0.0304. The summed E-state index contributed by atoms with van der Waals surface area (Å²) in [5.41, 5.74) is 1.74. The zero-order chi connectivity index (χ0) is 15.5. The normalized spacial score (nSPS) is 10.7. The van der Waals surface area contributed by atoms with Crippen molar-refractivity contribution >= 4 is 11.6 Å². The van der Waals surface area contributed by atoms with Gasteiger partial charge in [-0.2, -0.15) is 0 Å².